The number of sulfone groups is 1. The van der Waals surface area contributed by atoms with Gasteiger partial charge in [-0.2, -0.15) is 0 Å². The summed E-state index contributed by atoms with van der Waals surface area (Å²) in [5.41, 5.74) is -0.842. The summed E-state index contributed by atoms with van der Waals surface area (Å²) < 4.78 is 21.9. The van der Waals surface area contributed by atoms with E-state index in [-0.39, 0.29) is 17.8 Å². The highest BCUT2D eigenvalue weighted by Gasteiger charge is 2.24. The standard InChI is InChI=1S/C9H21NO3S/c1-7(6-14(5,12)13)10-8(2)9(3,4)11/h7-8,10-11H,6H2,1-5H3. The van der Waals surface area contributed by atoms with E-state index in [4.69, 9.17) is 0 Å². The summed E-state index contributed by atoms with van der Waals surface area (Å²) >= 11 is 0. The third kappa shape index (κ3) is 6.34. The number of hydrogen-bond donors (Lipinski definition) is 2. The SMILES string of the molecule is CC(CS(C)(=O)=O)NC(C)C(C)(C)O. The van der Waals surface area contributed by atoms with Gasteiger partial charge in [0.05, 0.1) is 11.4 Å². The topological polar surface area (TPSA) is 66.4 Å². The normalized spacial score (nSPS) is 17.9. The molecular weight excluding hydrogens is 202 g/mol. The molecule has 0 saturated heterocycles. The highest BCUT2D eigenvalue weighted by atomic mass is 32.2. The van der Waals surface area contributed by atoms with Gasteiger partial charge in [0, 0.05) is 18.3 Å². The Morgan fingerprint density at radius 1 is 1.36 bits per heavy atom. The Morgan fingerprint density at radius 2 is 1.79 bits per heavy atom. The summed E-state index contributed by atoms with van der Waals surface area (Å²) in [6, 6.07) is -0.286. The van der Waals surface area contributed by atoms with Gasteiger partial charge in [-0.25, -0.2) is 8.42 Å². The number of rotatable bonds is 5. The Morgan fingerprint density at radius 3 is 2.07 bits per heavy atom. The summed E-state index contributed by atoms with van der Waals surface area (Å²) in [6.07, 6.45) is 1.21. The Kier molecular flexibility index (Phi) is 4.55. The van der Waals surface area contributed by atoms with Crippen molar-refractivity contribution in [3.05, 3.63) is 0 Å². The molecule has 0 amide bonds. The second-order valence-corrected chi connectivity index (χ2v) is 6.72. The Bertz CT molecular complexity index is 266. The van der Waals surface area contributed by atoms with Gasteiger partial charge in [-0.15, -0.1) is 0 Å². The minimum atomic E-state index is -2.96. The molecule has 0 fully saturated rings. The third-order valence-electron chi connectivity index (χ3n) is 2.15. The van der Waals surface area contributed by atoms with Gasteiger partial charge < -0.3 is 10.4 Å². The minimum absolute atomic E-state index is 0.0907. The van der Waals surface area contributed by atoms with Crippen LogP contribution in [0.3, 0.4) is 0 Å². The van der Waals surface area contributed by atoms with E-state index in [0.717, 1.165) is 0 Å². The molecule has 2 N–H and O–H groups in total. The van der Waals surface area contributed by atoms with E-state index in [2.05, 4.69) is 5.32 Å². The quantitative estimate of drug-likeness (QED) is 0.697. The molecule has 0 spiro atoms. The second-order valence-electron chi connectivity index (χ2n) is 4.54. The van der Waals surface area contributed by atoms with Crippen molar-refractivity contribution in [2.24, 2.45) is 0 Å². The molecule has 0 rings (SSSR count). The molecule has 0 aliphatic rings. The molecular formula is C9H21NO3S. The molecule has 86 valence electrons. The van der Waals surface area contributed by atoms with E-state index in [1.165, 1.54) is 6.26 Å². The molecule has 0 aromatic rings. The van der Waals surface area contributed by atoms with E-state index in [0.29, 0.717) is 0 Å². The predicted octanol–water partition coefficient (Wildman–Crippen LogP) is 0.169. The summed E-state index contributed by atoms with van der Waals surface area (Å²) in [6.45, 7) is 7.01. The summed E-state index contributed by atoms with van der Waals surface area (Å²) in [7, 11) is -2.96. The molecule has 0 aromatic carbocycles. The van der Waals surface area contributed by atoms with Gasteiger partial charge in [0.2, 0.25) is 0 Å². The highest BCUT2D eigenvalue weighted by Crippen LogP contribution is 2.08. The van der Waals surface area contributed by atoms with Gasteiger partial charge in [-0.05, 0) is 27.7 Å². The lowest BCUT2D eigenvalue weighted by molar-refractivity contribution is 0.0415. The first-order valence-corrected chi connectivity index (χ1v) is 6.74. The zero-order chi connectivity index (χ0) is 11.6. The lowest BCUT2D eigenvalue weighted by Gasteiger charge is -2.29. The third-order valence-corrected chi connectivity index (χ3v) is 3.25. The molecule has 0 radical (unpaired) electrons. The van der Waals surface area contributed by atoms with E-state index >= 15 is 0 Å². The molecule has 5 heteroatoms. The molecule has 2 unspecified atom stereocenters. The molecule has 0 aromatic heterocycles. The van der Waals surface area contributed by atoms with Crippen LogP contribution in [0.4, 0.5) is 0 Å². The molecule has 14 heavy (non-hydrogen) atoms. The monoisotopic (exact) mass is 223 g/mol. The summed E-state index contributed by atoms with van der Waals surface area (Å²) in [5.74, 6) is 0.0907. The maximum Gasteiger partial charge on any atom is 0.148 e. The largest absolute Gasteiger partial charge is 0.389 e. The number of hydrogen-bond acceptors (Lipinski definition) is 4. The Balaban J connectivity index is 4.15. The van der Waals surface area contributed by atoms with Crippen LogP contribution in [-0.4, -0.2) is 43.2 Å². The van der Waals surface area contributed by atoms with Crippen LogP contribution in [0.15, 0.2) is 0 Å². The van der Waals surface area contributed by atoms with Crippen molar-refractivity contribution in [1.82, 2.24) is 5.32 Å². The fraction of sp³-hybridized carbons (Fsp3) is 1.00. The van der Waals surface area contributed by atoms with Crippen molar-refractivity contribution in [3.63, 3.8) is 0 Å². The van der Waals surface area contributed by atoms with E-state index in [1.807, 2.05) is 6.92 Å². The van der Waals surface area contributed by atoms with Crippen LogP contribution in [0.1, 0.15) is 27.7 Å². The van der Waals surface area contributed by atoms with Gasteiger partial charge in [0.1, 0.15) is 9.84 Å². The number of aliphatic hydroxyl groups is 1. The van der Waals surface area contributed by atoms with Crippen LogP contribution < -0.4 is 5.32 Å². The van der Waals surface area contributed by atoms with Crippen LogP contribution in [-0.2, 0) is 9.84 Å². The van der Waals surface area contributed by atoms with E-state index in [1.54, 1.807) is 20.8 Å². The first kappa shape index (κ1) is 13.9. The van der Waals surface area contributed by atoms with E-state index in [9.17, 15) is 13.5 Å². The fourth-order valence-corrected chi connectivity index (χ4v) is 2.14. The molecule has 0 aliphatic carbocycles. The van der Waals surface area contributed by atoms with Gasteiger partial charge in [-0.1, -0.05) is 0 Å². The smallest absolute Gasteiger partial charge is 0.148 e. The fourth-order valence-electron chi connectivity index (χ4n) is 1.13. The lowest BCUT2D eigenvalue weighted by atomic mass is 10.0. The number of nitrogens with one attached hydrogen (secondary N) is 1. The molecule has 4 nitrogen and oxygen atoms in total. The Hall–Kier alpha value is -0.130. The van der Waals surface area contributed by atoms with Gasteiger partial charge >= 0.3 is 0 Å². The van der Waals surface area contributed by atoms with Crippen molar-refractivity contribution in [2.75, 3.05) is 12.0 Å². The van der Waals surface area contributed by atoms with Crippen molar-refractivity contribution >= 4 is 9.84 Å². The second kappa shape index (κ2) is 4.59. The van der Waals surface area contributed by atoms with Crippen LogP contribution in [0, 0.1) is 0 Å². The highest BCUT2D eigenvalue weighted by molar-refractivity contribution is 7.90. The average molecular weight is 223 g/mol. The van der Waals surface area contributed by atoms with Crippen molar-refractivity contribution in [1.29, 1.82) is 0 Å². The maximum atomic E-state index is 11.0. The van der Waals surface area contributed by atoms with Crippen molar-refractivity contribution < 1.29 is 13.5 Å². The summed E-state index contributed by atoms with van der Waals surface area (Å²) in [4.78, 5) is 0. The molecule has 0 saturated carbocycles. The maximum absolute atomic E-state index is 11.0. The lowest BCUT2D eigenvalue weighted by Crippen LogP contribution is -2.49. The van der Waals surface area contributed by atoms with Crippen LogP contribution in [0.2, 0.25) is 0 Å². The van der Waals surface area contributed by atoms with E-state index < -0.39 is 15.4 Å². The van der Waals surface area contributed by atoms with Crippen molar-refractivity contribution in [3.8, 4) is 0 Å². The predicted molar refractivity (Wildman–Crippen MR) is 58.1 cm³/mol. The summed E-state index contributed by atoms with van der Waals surface area (Å²) in [5, 5.41) is 12.7. The molecule has 2 atom stereocenters. The van der Waals surface area contributed by atoms with Gasteiger partial charge in [-0.3, -0.25) is 0 Å². The van der Waals surface area contributed by atoms with Gasteiger partial charge in [0.15, 0.2) is 0 Å². The molecule has 0 aliphatic heterocycles. The average Bonchev–Trinajstić information content (AvgIpc) is 1.79. The van der Waals surface area contributed by atoms with Crippen LogP contribution in [0.5, 0.6) is 0 Å². The first-order chi connectivity index (χ1) is 6.02. The van der Waals surface area contributed by atoms with Crippen molar-refractivity contribution in [2.45, 2.75) is 45.4 Å². The van der Waals surface area contributed by atoms with Crippen LogP contribution >= 0.6 is 0 Å². The zero-order valence-electron chi connectivity index (χ0n) is 9.53. The first-order valence-electron chi connectivity index (χ1n) is 4.68. The Labute approximate surface area is 86.6 Å². The molecule has 0 heterocycles. The van der Waals surface area contributed by atoms with Gasteiger partial charge in [0.25, 0.3) is 0 Å². The zero-order valence-corrected chi connectivity index (χ0v) is 10.4. The minimum Gasteiger partial charge on any atom is -0.389 e. The van der Waals surface area contributed by atoms with Crippen LogP contribution in [0.25, 0.3) is 0 Å². The molecule has 0 bridgehead atoms.